The van der Waals surface area contributed by atoms with Crippen molar-refractivity contribution in [1.29, 1.82) is 0 Å². The van der Waals surface area contributed by atoms with Crippen LogP contribution in [0.3, 0.4) is 0 Å². The molecule has 150 valence electrons. The molecule has 0 radical (unpaired) electrons. The van der Waals surface area contributed by atoms with Crippen molar-refractivity contribution in [3.8, 4) is 0 Å². The van der Waals surface area contributed by atoms with E-state index in [1.807, 2.05) is 0 Å². The normalized spacial score (nSPS) is 16.9. The largest absolute Gasteiger partial charge is 0.338 e. The van der Waals surface area contributed by atoms with Gasteiger partial charge in [0, 0.05) is 50.0 Å². The van der Waals surface area contributed by atoms with Gasteiger partial charge in [-0.1, -0.05) is 0 Å². The number of carbonyl (C=O) groups is 1. The molecule has 0 atom stereocenters. The van der Waals surface area contributed by atoms with Gasteiger partial charge in [0.1, 0.15) is 5.82 Å². The lowest BCUT2D eigenvalue weighted by Crippen LogP contribution is -2.35. The van der Waals surface area contributed by atoms with E-state index in [4.69, 9.17) is 5.10 Å². The van der Waals surface area contributed by atoms with Gasteiger partial charge in [0.2, 0.25) is 5.91 Å². The first-order chi connectivity index (χ1) is 13.4. The predicted octanol–water partition coefficient (Wildman–Crippen LogP) is 3.92. The lowest BCUT2D eigenvalue weighted by molar-refractivity contribution is -0.129. The summed E-state index contributed by atoms with van der Waals surface area (Å²) in [5, 5.41) is 4.86. The molecule has 2 aliphatic rings. The van der Waals surface area contributed by atoms with Gasteiger partial charge in [-0.05, 0) is 37.8 Å². The van der Waals surface area contributed by atoms with Crippen molar-refractivity contribution in [3.63, 3.8) is 0 Å². The standard InChI is InChI=1S/C20H25F2N5O/c1-12-10-23-18(9-15(12)19(21)22)25(3)20-16-11-26(13(2)28)8-7-17(16)27(24-20)14-5-4-6-14/h9-10,14,19H,4-8,11H2,1-3H3. The molecule has 0 N–H and O–H groups in total. The van der Waals surface area contributed by atoms with E-state index in [0.717, 1.165) is 30.5 Å². The number of aryl methyl sites for hydroxylation is 1. The van der Waals surface area contributed by atoms with Crippen molar-refractivity contribution < 1.29 is 13.6 Å². The summed E-state index contributed by atoms with van der Waals surface area (Å²) in [6.45, 7) is 4.38. The highest BCUT2D eigenvalue weighted by Crippen LogP contribution is 2.39. The zero-order chi connectivity index (χ0) is 20.0. The maximum atomic E-state index is 13.3. The third-order valence-corrected chi connectivity index (χ3v) is 5.96. The van der Waals surface area contributed by atoms with E-state index < -0.39 is 6.43 Å². The van der Waals surface area contributed by atoms with Gasteiger partial charge in [0.05, 0.1) is 12.6 Å². The molecule has 0 bridgehead atoms. The Morgan fingerprint density at radius 1 is 1.36 bits per heavy atom. The molecule has 0 spiro atoms. The second-order valence-electron chi connectivity index (χ2n) is 7.73. The summed E-state index contributed by atoms with van der Waals surface area (Å²) in [4.78, 5) is 19.8. The number of aromatic nitrogens is 3. The number of pyridine rings is 1. The van der Waals surface area contributed by atoms with Crippen molar-refractivity contribution in [2.45, 2.75) is 58.5 Å². The molecular weight excluding hydrogens is 364 g/mol. The Morgan fingerprint density at radius 2 is 2.11 bits per heavy atom. The molecule has 1 aliphatic carbocycles. The van der Waals surface area contributed by atoms with Gasteiger partial charge >= 0.3 is 0 Å². The molecule has 6 nitrogen and oxygen atoms in total. The van der Waals surface area contributed by atoms with Crippen LogP contribution in [0, 0.1) is 6.92 Å². The first-order valence-electron chi connectivity index (χ1n) is 9.71. The fourth-order valence-electron chi connectivity index (χ4n) is 3.95. The van der Waals surface area contributed by atoms with Gasteiger partial charge in [-0.3, -0.25) is 9.48 Å². The molecule has 0 saturated heterocycles. The number of halogens is 2. The van der Waals surface area contributed by atoms with E-state index in [0.29, 0.717) is 36.3 Å². The highest BCUT2D eigenvalue weighted by atomic mass is 19.3. The summed E-state index contributed by atoms with van der Waals surface area (Å²) >= 11 is 0. The molecule has 2 aromatic rings. The zero-order valence-electron chi connectivity index (χ0n) is 16.5. The molecule has 0 unspecified atom stereocenters. The maximum Gasteiger partial charge on any atom is 0.264 e. The molecule has 1 aliphatic heterocycles. The van der Waals surface area contributed by atoms with Crippen molar-refractivity contribution in [2.24, 2.45) is 0 Å². The van der Waals surface area contributed by atoms with E-state index in [1.165, 1.54) is 18.7 Å². The second kappa shape index (κ2) is 7.14. The van der Waals surface area contributed by atoms with Gasteiger partial charge in [0.15, 0.2) is 5.82 Å². The zero-order valence-corrected chi connectivity index (χ0v) is 16.5. The van der Waals surface area contributed by atoms with Gasteiger partial charge in [-0.2, -0.15) is 5.10 Å². The van der Waals surface area contributed by atoms with Crippen LogP contribution in [-0.4, -0.2) is 39.2 Å². The lowest BCUT2D eigenvalue weighted by Gasteiger charge is -2.31. The van der Waals surface area contributed by atoms with Crippen LogP contribution >= 0.6 is 0 Å². The Kier molecular flexibility index (Phi) is 4.81. The lowest BCUT2D eigenvalue weighted by atomic mass is 9.92. The first kappa shape index (κ1) is 18.8. The van der Waals surface area contributed by atoms with Crippen LogP contribution < -0.4 is 4.90 Å². The fraction of sp³-hybridized carbons (Fsp3) is 0.550. The minimum Gasteiger partial charge on any atom is -0.338 e. The molecule has 2 aromatic heterocycles. The summed E-state index contributed by atoms with van der Waals surface area (Å²) in [7, 11) is 1.80. The van der Waals surface area contributed by atoms with Crippen LogP contribution in [-0.2, 0) is 17.8 Å². The van der Waals surface area contributed by atoms with Gasteiger partial charge in [-0.25, -0.2) is 13.8 Å². The Labute approximate surface area is 163 Å². The van der Waals surface area contributed by atoms with Crippen LogP contribution in [0.5, 0.6) is 0 Å². The van der Waals surface area contributed by atoms with Crippen molar-refractivity contribution in [2.75, 3.05) is 18.5 Å². The SMILES string of the molecule is CC(=O)N1CCc2c(c(N(C)c3cc(C(F)F)c(C)cn3)nn2C2CCC2)C1. The van der Waals surface area contributed by atoms with E-state index in [2.05, 4.69) is 9.67 Å². The Hall–Kier alpha value is -2.51. The quantitative estimate of drug-likeness (QED) is 0.795. The second-order valence-corrected chi connectivity index (χ2v) is 7.73. The number of rotatable bonds is 4. The number of carbonyl (C=O) groups excluding carboxylic acids is 1. The monoisotopic (exact) mass is 389 g/mol. The van der Waals surface area contributed by atoms with Crippen LogP contribution in [0.4, 0.5) is 20.4 Å². The van der Waals surface area contributed by atoms with E-state index >= 15 is 0 Å². The first-order valence-corrected chi connectivity index (χ1v) is 9.71. The molecule has 28 heavy (non-hydrogen) atoms. The van der Waals surface area contributed by atoms with Crippen molar-refractivity contribution >= 4 is 17.5 Å². The Balaban J connectivity index is 1.75. The molecular formula is C20H25F2N5O. The highest BCUT2D eigenvalue weighted by molar-refractivity contribution is 5.74. The van der Waals surface area contributed by atoms with Crippen molar-refractivity contribution in [3.05, 3.63) is 34.6 Å². The van der Waals surface area contributed by atoms with E-state index in [9.17, 15) is 13.6 Å². The van der Waals surface area contributed by atoms with Crippen LogP contribution in [0.15, 0.2) is 12.3 Å². The summed E-state index contributed by atoms with van der Waals surface area (Å²) in [5.74, 6) is 1.16. The Morgan fingerprint density at radius 3 is 2.71 bits per heavy atom. The van der Waals surface area contributed by atoms with Crippen LogP contribution in [0.1, 0.15) is 61.0 Å². The number of anilines is 2. The summed E-state index contributed by atoms with van der Waals surface area (Å²) < 4.78 is 28.8. The molecule has 4 rings (SSSR count). The number of amides is 1. The topological polar surface area (TPSA) is 54.3 Å². The average Bonchev–Trinajstić information content (AvgIpc) is 2.98. The van der Waals surface area contributed by atoms with Crippen molar-refractivity contribution in [1.82, 2.24) is 19.7 Å². The minimum atomic E-state index is -2.55. The smallest absolute Gasteiger partial charge is 0.264 e. The summed E-state index contributed by atoms with van der Waals surface area (Å²) in [6, 6.07) is 1.82. The molecule has 1 saturated carbocycles. The fourth-order valence-corrected chi connectivity index (χ4v) is 3.95. The number of hydrogen-bond acceptors (Lipinski definition) is 4. The van der Waals surface area contributed by atoms with E-state index in [-0.39, 0.29) is 11.5 Å². The number of hydrogen-bond donors (Lipinski definition) is 0. The molecule has 3 heterocycles. The molecule has 0 aromatic carbocycles. The minimum absolute atomic E-state index is 0.0190. The van der Waals surface area contributed by atoms with Gasteiger partial charge < -0.3 is 9.80 Å². The number of nitrogens with zero attached hydrogens (tertiary/aromatic N) is 5. The van der Waals surface area contributed by atoms with E-state index in [1.54, 1.807) is 30.7 Å². The average molecular weight is 389 g/mol. The van der Waals surface area contributed by atoms with Gasteiger partial charge in [0.25, 0.3) is 6.43 Å². The summed E-state index contributed by atoms with van der Waals surface area (Å²) in [5.41, 5.74) is 2.61. The van der Waals surface area contributed by atoms with Crippen LogP contribution in [0.25, 0.3) is 0 Å². The molecule has 8 heteroatoms. The van der Waals surface area contributed by atoms with Gasteiger partial charge in [-0.15, -0.1) is 0 Å². The Bertz CT molecular complexity index is 906. The highest BCUT2D eigenvalue weighted by Gasteiger charge is 2.32. The van der Waals surface area contributed by atoms with Crippen LogP contribution in [0.2, 0.25) is 0 Å². The molecule has 1 fully saturated rings. The third kappa shape index (κ3) is 3.14. The number of alkyl halides is 2. The number of fused-ring (bicyclic) bond motifs is 1. The maximum absolute atomic E-state index is 13.3. The third-order valence-electron chi connectivity index (χ3n) is 5.96. The molecule has 1 amide bonds. The summed E-state index contributed by atoms with van der Waals surface area (Å²) in [6.07, 6.45) is 3.09. The predicted molar refractivity (Wildman–Crippen MR) is 102 cm³/mol.